The monoisotopic (exact) mass is 186 g/mol. The molecule has 0 atom stereocenters. The number of rotatable bonds is 2. The summed E-state index contributed by atoms with van der Waals surface area (Å²) in [4.78, 5) is 11.1. The van der Waals surface area contributed by atoms with Gasteiger partial charge in [-0.15, -0.1) is 0 Å². The van der Waals surface area contributed by atoms with Gasteiger partial charge in [-0.3, -0.25) is 4.79 Å². The third-order valence-electron chi connectivity index (χ3n) is 2.12. The van der Waals surface area contributed by atoms with Crippen molar-refractivity contribution in [3.63, 3.8) is 0 Å². The molecule has 1 heterocycles. The van der Waals surface area contributed by atoms with E-state index in [2.05, 4.69) is 0 Å². The van der Waals surface area contributed by atoms with Crippen LogP contribution in [-0.2, 0) is 0 Å². The van der Waals surface area contributed by atoms with Gasteiger partial charge in [0.1, 0.15) is 0 Å². The van der Waals surface area contributed by atoms with Crippen LogP contribution < -0.4 is 0 Å². The van der Waals surface area contributed by atoms with Crippen molar-refractivity contribution < 1.29 is 9.21 Å². The van der Waals surface area contributed by atoms with Crippen molar-refractivity contribution >= 4 is 5.78 Å². The molecule has 0 radical (unpaired) electrons. The van der Waals surface area contributed by atoms with Crippen LogP contribution in [0.15, 0.2) is 47.3 Å². The predicted octanol–water partition coefficient (Wildman–Crippen LogP) is 3.15. The molecule has 2 aromatic rings. The number of carbonyl (C=O) groups is 1. The molecular formula is C12H10O2. The molecular weight excluding hydrogens is 176 g/mol. The number of Topliss-reactive ketones (excluding diaryl/α,β-unsaturated/α-hetero) is 1. The highest BCUT2D eigenvalue weighted by atomic mass is 16.3. The first-order chi connectivity index (χ1) is 6.77. The fraction of sp³-hybridized carbons (Fsp3) is 0.0833. The first kappa shape index (κ1) is 8.75. The molecule has 1 aromatic heterocycles. The summed E-state index contributed by atoms with van der Waals surface area (Å²) >= 11 is 0. The summed E-state index contributed by atoms with van der Waals surface area (Å²) in [6.45, 7) is 1.56. The molecule has 2 nitrogen and oxygen atoms in total. The van der Waals surface area contributed by atoms with Crippen molar-refractivity contribution in [1.82, 2.24) is 0 Å². The smallest absolute Gasteiger partial charge is 0.159 e. The van der Waals surface area contributed by atoms with Crippen molar-refractivity contribution in [3.8, 4) is 11.1 Å². The van der Waals surface area contributed by atoms with Gasteiger partial charge < -0.3 is 4.42 Å². The average molecular weight is 186 g/mol. The second-order valence-corrected chi connectivity index (χ2v) is 3.15. The summed E-state index contributed by atoms with van der Waals surface area (Å²) in [6.07, 6.45) is 3.29. The van der Waals surface area contributed by atoms with Crippen LogP contribution in [-0.4, -0.2) is 5.78 Å². The maximum absolute atomic E-state index is 11.1. The standard InChI is InChI=1S/C12H10O2/c1-9(13)10-3-2-4-11(7-10)12-5-6-14-8-12/h2-8H,1H3. The van der Waals surface area contributed by atoms with E-state index in [4.69, 9.17) is 4.42 Å². The average Bonchev–Trinajstić information content (AvgIpc) is 2.71. The molecule has 0 aliphatic heterocycles. The molecule has 0 unspecified atom stereocenters. The molecule has 70 valence electrons. The minimum absolute atomic E-state index is 0.0790. The lowest BCUT2D eigenvalue weighted by Crippen LogP contribution is -1.91. The second kappa shape index (κ2) is 3.50. The van der Waals surface area contributed by atoms with Gasteiger partial charge in [-0.1, -0.05) is 18.2 Å². The number of furan rings is 1. The van der Waals surface area contributed by atoms with Gasteiger partial charge in [0.05, 0.1) is 12.5 Å². The first-order valence-corrected chi connectivity index (χ1v) is 4.41. The lowest BCUT2D eigenvalue weighted by Gasteiger charge is -1.99. The van der Waals surface area contributed by atoms with E-state index in [-0.39, 0.29) is 5.78 Å². The van der Waals surface area contributed by atoms with Gasteiger partial charge in [0.25, 0.3) is 0 Å². The molecule has 0 saturated heterocycles. The topological polar surface area (TPSA) is 30.2 Å². The van der Waals surface area contributed by atoms with Crippen LogP contribution in [0, 0.1) is 0 Å². The molecule has 2 rings (SSSR count). The number of carbonyl (C=O) groups excluding carboxylic acids is 1. The molecule has 14 heavy (non-hydrogen) atoms. The lowest BCUT2D eigenvalue weighted by atomic mass is 10.0. The third kappa shape index (κ3) is 1.59. The Morgan fingerprint density at radius 2 is 2.07 bits per heavy atom. The van der Waals surface area contributed by atoms with Crippen molar-refractivity contribution in [2.75, 3.05) is 0 Å². The highest BCUT2D eigenvalue weighted by Crippen LogP contribution is 2.20. The van der Waals surface area contributed by atoms with E-state index in [1.54, 1.807) is 19.5 Å². The SMILES string of the molecule is CC(=O)c1cccc(-c2ccoc2)c1. The molecule has 0 N–H and O–H groups in total. The normalized spacial score (nSPS) is 10.1. The Hall–Kier alpha value is -1.83. The molecule has 0 aliphatic carbocycles. The molecule has 1 aromatic carbocycles. The van der Waals surface area contributed by atoms with E-state index >= 15 is 0 Å². The van der Waals surface area contributed by atoms with E-state index in [9.17, 15) is 4.79 Å². The Labute approximate surface area is 82.2 Å². The molecule has 0 aliphatic rings. The molecule has 0 amide bonds. The number of hydrogen-bond donors (Lipinski definition) is 0. The third-order valence-corrected chi connectivity index (χ3v) is 2.12. The summed E-state index contributed by atoms with van der Waals surface area (Å²) in [6, 6.07) is 9.38. The Bertz CT molecular complexity index is 441. The van der Waals surface area contributed by atoms with Crippen LogP contribution in [0.2, 0.25) is 0 Å². The minimum Gasteiger partial charge on any atom is -0.472 e. The van der Waals surface area contributed by atoms with Crippen LogP contribution in [0.1, 0.15) is 17.3 Å². The quantitative estimate of drug-likeness (QED) is 0.674. The maximum atomic E-state index is 11.1. The summed E-state index contributed by atoms with van der Waals surface area (Å²) in [5.41, 5.74) is 2.73. The summed E-state index contributed by atoms with van der Waals surface area (Å²) in [5.74, 6) is 0.0790. The number of benzene rings is 1. The Kier molecular flexibility index (Phi) is 2.19. The van der Waals surface area contributed by atoms with E-state index in [0.29, 0.717) is 0 Å². The molecule has 0 fully saturated rings. The zero-order chi connectivity index (χ0) is 9.97. The highest BCUT2D eigenvalue weighted by molar-refractivity contribution is 5.95. The number of ketones is 1. The van der Waals surface area contributed by atoms with Gasteiger partial charge in [-0.25, -0.2) is 0 Å². The Morgan fingerprint density at radius 1 is 1.21 bits per heavy atom. The zero-order valence-electron chi connectivity index (χ0n) is 7.86. The fourth-order valence-electron chi connectivity index (χ4n) is 1.35. The van der Waals surface area contributed by atoms with E-state index in [0.717, 1.165) is 16.7 Å². The number of hydrogen-bond acceptors (Lipinski definition) is 2. The van der Waals surface area contributed by atoms with Crippen molar-refractivity contribution in [1.29, 1.82) is 0 Å². The van der Waals surface area contributed by atoms with E-state index < -0.39 is 0 Å². The van der Waals surface area contributed by atoms with Crippen LogP contribution in [0.3, 0.4) is 0 Å². The molecule has 2 heteroatoms. The summed E-state index contributed by atoms with van der Waals surface area (Å²) < 4.78 is 4.98. The van der Waals surface area contributed by atoms with Gasteiger partial charge in [-0.05, 0) is 24.6 Å². The van der Waals surface area contributed by atoms with Gasteiger partial charge in [0.15, 0.2) is 5.78 Å². The van der Waals surface area contributed by atoms with Gasteiger partial charge in [0.2, 0.25) is 0 Å². The predicted molar refractivity (Wildman–Crippen MR) is 54.1 cm³/mol. The van der Waals surface area contributed by atoms with Gasteiger partial charge in [0, 0.05) is 11.1 Å². The Morgan fingerprint density at radius 3 is 2.71 bits per heavy atom. The van der Waals surface area contributed by atoms with Gasteiger partial charge in [-0.2, -0.15) is 0 Å². The lowest BCUT2D eigenvalue weighted by molar-refractivity contribution is 0.101. The summed E-state index contributed by atoms with van der Waals surface area (Å²) in [7, 11) is 0. The highest BCUT2D eigenvalue weighted by Gasteiger charge is 2.02. The van der Waals surface area contributed by atoms with Crippen molar-refractivity contribution in [3.05, 3.63) is 48.4 Å². The van der Waals surface area contributed by atoms with Crippen LogP contribution >= 0.6 is 0 Å². The first-order valence-electron chi connectivity index (χ1n) is 4.41. The Balaban J connectivity index is 2.46. The van der Waals surface area contributed by atoms with Crippen molar-refractivity contribution in [2.24, 2.45) is 0 Å². The summed E-state index contributed by atoms with van der Waals surface area (Å²) in [5, 5.41) is 0. The van der Waals surface area contributed by atoms with E-state index in [1.165, 1.54) is 0 Å². The van der Waals surface area contributed by atoms with Crippen LogP contribution in [0.4, 0.5) is 0 Å². The van der Waals surface area contributed by atoms with Crippen molar-refractivity contribution in [2.45, 2.75) is 6.92 Å². The van der Waals surface area contributed by atoms with Crippen LogP contribution in [0.25, 0.3) is 11.1 Å². The minimum atomic E-state index is 0.0790. The fourth-order valence-corrected chi connectivity index (χ4v) is 1.35. The zero-order valence-corrected chi connectivity index (χ0v) is 7.86. The van der Waals surface area contributed by atoms with Gasteiger partial charge >= 0.3 is 0 Å². The van der Waals surface area contributed by atoms with E-state index in [1.807, 2.05) is 30.3 Å². The molecule has 0 spiro atoms. The van der Waals surface area contributed by atoms with Crippen LogP contribution in [0.5, 0.6) is 0 Å². The second-order valence-electron chi connectivity index (χ2n) is 3.15. The molecule has 0 bridgehead atoms. The maximum Gasteiger partial charge on any atom is 0.159 e. The largest absolute Gasteiger partial charge is 0.472 e. The molecule has 0 saturated carbocycles.